The summed E-state index contributed by atoms with van der Waals surface area (Å²) in [6.45, 7) is 0.303. The van der Waals surface area contributed by atoms with Crippen molar-refractivity contribution >= 4 is 23.4 Å². The van der Waals surface area contributed by atoms with Crippen LogP contribution in [-0.2, 0) is 22.6 Å². The van der Waals surface area contributed by atoms with Crippen molar-refractivity contribution in [3.8, 4) is 0 Å². The topological polar surface area (TPSA) is 49.4 Å². The molecule has 4 rings (SSSR count). The molecule has 37 heavy (non-hydrogen) atoms. The van der Waals surface area contributed by atoms with E-state index in [1.807, 2.05) is 91.0 Å². The van der Waals surface area contributed by atoms with Gasteiger partial charge >= 0.3 is 0 Å². The summed E-state index contributed by atoms with van der Waals surface area (Å²) in [5, 5.41) is 3.41. The van der Waals surface area contributed by atoms with Crippen LogP contribution in [-0.4, -0.2) is 29.8 Å². The van der Waals surface area contributed by atoms with E-state index in [0.29, 0.717) is 18.0 Å². The lowest BCUT2D eigenvalue weighted by Gasteiger charge is -2.32. The van der Waals surface area contributed by atoms with Crippen molar-refractivity contribution in [1.82, 2.24) is 10.2 Å². The fourth-order valence-electron chi connectivity index (χ4n) is 4.60. The minimum Gasteiger partial charge on any atom is -0.357 e. The van der Waals surface area contributed by atoms with E-state index >= 15 is 0 Å². The van der Waals surface area contributed by atoms with E-state index in [2.05, 4.69) is 29.6 Å². The molecule has 0 saturated carbocycles. The maximum absolute atomic E-state index is 14.1. The van der Waals surface area contributed by atoms with Crippen molar-refractivity contribution in [2.24, 2.45) is 0 Å². The Bertz CT molecular complexity index is 1240. The molecule has 0 spiro atoms. The fraction of sp³-hybridized carbons (Fsp3) is 0.188. The first-order valence-corrected chi connectivity index (χ1v) is 12.8. The van der Waals surface area contributed by atoms with E-state index in [0.717, 1.165) is 22.3 Å². The van der Waals surface area contributed by atoms with Gasteiger partial charge in [0.25, 0.3) is 0 Å². The number of rotatable bonds is 10. The monoisotopic (exact) mass is 510 g/mol. The highest BCUT2D eigenvalue weighted by molar-refractivity contribution is 6.30. The van der Waals surface area contributed by atoms with Crippen molar-refractivity contribution in [3.05, 3.63) is 143 Å². The Labute approximate surface area is 223 Å². The lowest BCUT2D eigenvalue weighted by atomic mass is 9.87. The van der Waals surface area contributed by atoms with Crippen molar-refractivity contribution in [2.75, 3.05) is 7.05 Å². The zero-order chi connectivity index (χ0) is 26.0. The van der Waals surface area contributed by atoms with E-state index in [9.17, 15) is 9.59 Å². The molecule has 0 radical (unpaired) electrons. The molecule has 1 unspecified atom stereocenters. The second-order valence-electron chi connectivity index (χ2n) is 9.05. The third kappa shape index (κ3) is 7.08. The Hall–Kier alpha value is -3.89. The van der Waals surface area contributed by atoms with Gasteiger partial charge in [-0.1, -0.05) is 115 Å². The molecule has 5 heteroatoms. The number of halogens is 1. The van der Waals surface area contributed by atoms with Gasteiger partial charge in [-0.25, -0.2) is 0 Å². The van der Waals surface area contributed by atoms with Crippen LogP contribution in [0.3, 0.4) is 0 Å². The van der Waals surface area contributed by atoms with Gasteiger partial charge in [-0.15, -0.1) is 0 Å². The van der Waals surface area contributed by atoms with Crippen molar-refractivity contribution in [1.29, 1.82) is 0 Å². The SMILES string of the molecule is CNC(=O)C(Cc1ccccc1)N(Cc1ccc(Cl)cc1)C(=O)CC(c1ccccc1)c1ccccc1. The van der Waals surface area contributed by atoms with Crippen LogP contribution in [0.1, 0.15) is 34.6 Å². The standard InChI is InChI=1S/C32H31ClN2O2/c1-34-32(37)30(21-24-11-5-2-6-12-24)35(23-25-17-19-28(33)20-18-25)31(36)22-29(26-13-7-3-8-14-26)27-15-9-4-10-16-27/h2-20,29-30H,21-23H2,1H3,(H,34,37). The first kappa shape index (κ1) is 26.2. The summed E-state index contributed by atoms with van der Waals surface area (Å²) >= 11 is 6.11. The Balaban J connectivity index is 1.71. The number of hydrogen-bond donors (Lipinski definition) is 1. The Kier molecular flexibility index (Phi) is 9.12. The van der Waals surface area contributed by atoms with Crippen LogP contribution in [0.2, 0.25) is 5.02 Å². The van der Waals surface area contributed by atoms with Crippen LogP contribution >= 0.6 is 11.6 Å². The number of carbonyl (C=O) groups excluding carboxylic acids is 2. The summed E-state index contributed by atoms with van der Waals surface area (Å²) < 4.78 is 0. The largest absolute Gasteiger partial charge is 0.357 e. The maximum Gasteiger partial charge on any atom is 0.242 e. The smallest absolute Gasteiger partial charge is 0.242 e. The first-order chi connectivity index (χ1) is 18.0. The van der Waals surface area contributed by atoms with E-state index in [1.54, 1.807) is 11.9 Å². The van der Waals surface area contributed by atoms with Crippen LogP contribution in [0.25, 0.3) is 0 Å². The lowest BCUT2D eigenvalue weighted by Crippen LogP contribution is -2.50. The maximum atomic E-state index is 14.1. The third-order valence-electron chi connectivity index (χ3n) is 6.57. The summed E-state index contributed by atoms with van der Waals surface area (Å²) in [6.07, 6.45) is 0.658. The van der Waals surface area contributed by atoms with Crippen LogP contribution in [0.4, 0.5) is 0 Å². The Morgan fingerprint density at radius 2 is 1.24 bits per heavy atom. The molecule has 0 fully saturated rings. The lowest BCUT2D eigenvalue weighted by molar-refractivity contribution is -0.141. The summed E-state index contributed by atoms with van der Waals surface area (Å²) in [6, 6.07) is 36.7. The predicted octanol–water partition coefficient (Wildman–Crippen LogP) is 6.25. The number of nitrogens with zero attached hydrogens (tertiary/aromatic N) is 1. The molecule has 0 heterocycles. The van der Waals surface area contributed by atoms with Crippen molar-refractivity contribution in [3.63, 3.8) is 0 Å². The third-order valence-corrected chi connectivity index (χ3v) is 6.82. The highest BCUT2D eigenvalue weighted by atomic mass is 35.5. The average molecular weight is 511 g/mol. The van der Waals surface area contributed by atoms with E-state index in [4.69, 9.17) is 11.6 Å². The normalized spacial score (nSPS) is 11.6. The summed E-state index contributed by atoms with van der Waals surface area (Å²) in [5.74, 6) is -0.413. The molecule has 2 amide bonds. The van der Waals surface area contributed by atoms with Gasteiger partial charge in [0.1, 0.15) is 6.04 Å². The van der Waals surface area contributed by atoms with Crippen LogP contribution < -0.4 is 5.32 Å². The zero-order valence-electron chi connectivity index (χ0n) is 20.9. The summed E-state index contributed by atoms with van der Waals surface area (Å²) in [4.78, 5) is 29.1. The Morgan fingerprint density at radius 3 is 1.76 bits per heavy atom. The highest BCUT2D eigenvalue weighted by Crippen LogP contribution is 2.30. The van der Waals surface area contributed by atoms with Gasteiger partial charge in [0.05, 0.1) is 0 Å². The van der Waals surface area contributed by atoms with Gasteiger partial charge in [0, 0.05) is 37.4 Å². The summed E-state index contributed by atoms with van der Waals surface area (Å²) in [5.41, 5.74) is 4.03. The zero-order valence-corrected chi connectivity index (χ0v) is 21.6. The number of amides is 2. The molecule has 0 aliphatic rings. The second kappa shape index (κ2) is 12.9. The molecule has 0 aliphatic carbocycles. The molecule has 4 nitrogen and oxygen atoms in total. The van der Waals surface area contributed by atoms with Crippen LogP contribution in [0.15, 0.2) is 115 Å². The number of likely N-dealkylation sites (N-methyl/N-ethyl adjacent to an activating group) is 1. The number of benzene rings is 4. The molecular weight excluding hydrogens is 480 g/mol. The molecule has 0 aromatic heterocycles. The van der Waals surface area contributed by atoms with Gasteiger partial charge in [-0.3, -0.25) is 9.59 Å². The molecule has 0 bridgehead atoms. The van der Waals surface area contributed by atoms with Gasteiger partial charge < -0.3 is 10.2 Å². The number of hydrogen-bond acceptors (Lipinski definition) is 2. The van der Waals surface area contributed by atoms with E-state index < -0.39 is 6.04 Å². The van der Waals surface area contributed by atoms with Gasteiger partial charge in [-0.2, -0.15) is 0 Å². The predicted molar refractivity (Wildman–Crippen MR) is 149 cm³/mol. The molecule has 0 aliphatic heterocycles. The molecular formula is C32H31ClN2O2. The first-order valence-electron chi connectivity index (χ1n) is 12.4. The van der Waals surface area contributed by atoms with Gasteiger partial charge in [0.15, 0.2) is 0 Å². The van der Waals surface area contributed by atoms with Gasteiger partial charge in [0.2, 0.25) is 11.8 Å². The average Bonchev–Trinajstić information content (AvgIpc) is 2.95. The quantitative estimate of drug-likeness (QED) is 0.274. The Morgan fingerprint density at radius 1 is 0.730 bits per heavy atom. The molecule has 188 valence electrons. The molecule has 4 aromatic rings. The van der Waals surface area contributed by atoms with Crippen molar-refractivity contribution < 1.29 is 9.59 Å². The van der Waals surface area contributed by atoms with E-state index in [1.165, 1.54) is 0 Å². The molecule has 1 N–H and O–H groups in total. The van der Waals surface area contributed by atoms with Crippen LogP contribution in [0.5, 0.6) is 0 Å². The van der Waals surface area contributed by atoms with Crippen molar-refractivity contribution in [2.45, 2.75) is 31.3 Å². The molecule has 4 aromatic carbocycles. The van der Waals surface area contributed by atoms with E-state index in [-0.39, 0.29) is 24.2 Å². The highest BCUT2D eigenvalue weighted by Gasteiger charge is 2.31. The number of carbonyl (C=O) groups is 2. The van der Waals surface area contributed by atoms with Crippen LogP contribution in [0, 0.1) is 0 Å². The second-order valence-corrected chi connectivity index (χ2v) is 9.48. The minimum atomic E-state index is -0.664. The molecule has 1 atom stereocenters. The summed E-state index contributed by atoms with van der Waals surface area (Å²) in [7, 11) is 1.61. The minimum absolute atomic E-state index is 0.0859. The van der Waals surface area contributed by atoms with Gasteiger partial charge in [-0.05, 0) is 34.4 Å². The fourth-order valence-corrected chi connectivity index (χ4v) is 4.72. The molecule has 0 saturated heterocycles. The number of nitrogens with one attached hydrogen (secondary N) is 1.